The summed E-state index contributed by atoms with van der Waals surface area (Å²) in [7, 11) is 1.63. The molecule has 2 amide bonds. The van der Waals surface area contributed by atoms with Crippen LogP contribution < -0.4 is 5.32 Å². The summed E-state index contributed by atoms with van der Waals surface area (Å²) < 4.78 is 0. The second kappa shape index (κ2) is 5.86. The Balaban J connectivity index is 2.66. The first kappa shape index (κ1) is 11.3. The molecule has 0 bridgehead atoms. The molecule has 3 nitrogen and oxygen atoms in total. The molecule has 1 N–H and O–H groups in total. The van der Waals surface area contributed by atoms with Crippen molar-refractivity contribution in [1.29, 1.82) is 0 Å². The van der Waals surface area contributed by atoms with Gasteiger partial charge in [-0.05, 0) is 5.56 Å². The van der Waals surface area contributed by atoms with Crippen molar-refractivity contribution >= 4 is 6.03 Å². The number of hydrogen-bond donors (Lipinski definition) is 1. The summed E-state index contributed by atoms with van der Waals surface area (Å²) in [5, 5.41) is 2.61. The zero-order valence-corrected chi connectivity index (χ0v) is 8.94. The fourth-order valence-corrected chi connectivity index (χ4v) is 1.34. The highest BCUT2D eigenvalue weighted by Crippen LogP contribution is 2.04. The van der Waals surface area contributed by atoms with Crippen LogP contribution in [0.1, 0.15) is 5.56 Å². The van der Waals surface area contributed by atoms with E-state index < -0.39 is 0 Å². The van der Waals surface area contributed by atoms with Crippen molar-refractivity contribution < 1.29 is 4.79 Å². The van der Waals surface area contributed by atoms with Crippen LogP contribution in [-0.4, -0.2) is 24.5 Å². The lowest BCUT2D eigenvalue weighted by molar-refractivity contribution is 0.203. The molecule has 0 aromatic heterocycles. The van der Waals surface area contributed by atoms with Crippen LogP contribution in [0.4, 0.5) is 4.79 Å². The van der Waals surface area contributed by atoms with Gasteiger partial charge in [0.1, 0.15) is 0 Å². The van der Waals surface area contributed by atoms with Gasteiger partial charge in [0.2, 0.25) is 0 Å². The molecule has 0 heterocycles. The second-order valence-corrected chi connectivity index (χ2v) is 3.21. The van der Waals surface area contributed by atoms with Gasteiger partial charge in [-0.25, -0.2) is 4.79 Å². The summed E-state index contributed by atoms with van der Waals surface area (Å²) in [5.41, 5.74) is 1.11. The third-order valence-corrected chi connectivity index (χ3v) is 2.07. The smallest absolute Gasteiger partial charge is 0.317 e. The van der Waals surface area contributed by atoms with E-state index in [-0.39, 0.29) is 6.03 Å². The number of benzene rings is 1. The molecular formula is C12H16N2O. The molecule has 80 valence electrons. The maximum atomic E-state index is 11.5. The summed E-state index contributed by atoms with van der Waals surface area (Å²) in [6.45, 7) is 4.79. The van der Waals surface area contributed by atoms with E-state index >= 15 is 0 Å². The van der Waals surface area contributed by atoms with Crippen LogP contribution >= 0.6 is 0 Å². The second-order valence-electron chi connectivity index (χ2n) is 3.21. The Bertz CT molecular complexity index is 322. The topological polar surface area (TPSA) is 32.3 Å². The van der Waals surface area contributed by atoms with Crippen LogP contribution in [0.2, 0.25) is 0 Å². The molecule has 0 spiro atoms. The van der Waals surface area contributed by atoms with E-state index in [0.717, 1.165) is 5.56 Å². The van der Waals surface area contributed by atoms with E-state index in [1.807, 2.05) is 30.3 Å². The quantitative estimate of drug-likeness (QED) is 0.748. The number of nitrogens with zero attached hydrogens (tertiary/aromatic N) is 1. The Morgan fingerprint density at radius 1 is 1.47 bits per heavy atom. The van der Waals surface area contributed by atoms with E-state index in [9.17, 15) is 4.79 Å². The molecule has 0 atom stereocenters. The van der Waals surface area contributed by atoms with Crippen molar-refractivity contribution in [3.63, 3.8) is 0 Å². The van der Waals surface area contributed by atoms with Gasteiger partial charge in [-0.1, -0.05) is 36.4 Å². The summed E-state index contributed by atoms with van der Waals surface area (Å²) >= 11 is 0. The molecule has 0 saturated carbocycles. The molecule has 1 aromatic carbocycles. The summed E-state index contributed by atoms with van der Waals surface area (Å²) in [6, 6.07) is 9.80. The van der Waals surface area contributed by atoms with Gasteiger partial charge >= 0.3 is 6.03 Å². The van der Waals surface area contributed by atoms with Crippen LogP contribution in [0.5, 0.6) is 0 Å². The standard InChI is InChI=1S/C12H16N2O/c1-3-9-14(12(15)13-2)10-11-7-5-4-6-8-11/h3-8H,1,9-10H2,2H3,(H,13,15). The average molecular weight is 204 g/mol. The highest BCUT2D eigenvalue weighted by Gasteiger charge is 2.09. The van der Waals surface area contributed by atoms with Crippen molar-refractivity contribution in [2.75, 3.05) is 13.6 Å². The predicted octanol–water partition coefficient (Wildman–Crippen LogP) is 2.01. The van der Waals surface area contributed by atoms with E-state index in [0.29, 0.717) is 13.1 Å². The van der Waals surface area contributed by atoms with Gasteiger partial charge in [0, 0.05) is 20.1 Å². The zero-order valence-electron chi connectivity index (χ0n) is 8.94. The van der Waals surface area contributed by atoms with Gasteiger partial charge in [0.15, 0.2) is 0 Å². The van der Waals surface area contributed by atoms with E-state index in [1.165, 1.54) is 0 Å². The molecule has 1 rings (SSSR count). The molecule has 0 fully saturated rings. The fourth-order valence-electron chi connectivity index (χ4n) is 1.34. The van der Waals surface area contributed by atoms with Crippen molar-refractivity contribution in [2.24, 2.45) is 0 Å². The number of carbonyl (C=O) groups is 1. The van der Waals surface area contributed by atoms with Gasteiger partial charge in [-0.2, -0.15) is 0 Å². The molecule has 15 heavy (non-hydrogen) atoms. The Morgan fingerprint density at radius 3 is 2.67 bits per heavy atom. The minimum Gasteiger partial charge on any atom is -0.341 e. The van der Waals surface area contributed by atoms with Crippen LogP contribution in [-0.2, 0) is 6.54 Å². The van der Waals surface area contributed by atoms with E-state index in [2.05, 4.69) is 11.9 Å². The minimum absolute atomic E-state index is 0.0845. The van der Waals surface area contributed by atoms with Gasteiger partial charge in [-0.15, -0.1) is 6.58 Å². The third kappa shape index (κ3) is 3.46. The summed E-state index contributed by atoms with van der Waals surface area (Å²) in [5.74, 6) is 0. The van der Waals surface area contributed by atoms with Gasteiger partial charge in [-0.3, -0.25) is 0 Å². The molecular weight excluding hydrogens is 188 g/mol. The van der Waals surface area contributed by atoms with E-state index in [1.54, 1.807) is 18.0 Å². The maximum Gasteiger partial charge on any atom is 0.317 e. The van der Waals surface area contributed by atoms with Crippen molar-refractivity contribution in [3.8, 4) is 0 Å². The fraction of sp³-hybridized carbons (Fsp3) is 0.250. The first-order valence-corrected chi connectivity index (χ1v) is 4.89. The van der Waals surface area contributed by atoms with Gasteiger partial charge in [0.25, 0.3) is 0 Å². The highest BCUT2D eigenvalue weighted by molar-refractivity contribution is 5.73. The predicted molar refractivity (Wildman–Crippen MR) is 61.5 cm³/mol. The number of hydrogen-bond acceptors (Lipinski definition) is 1. The monoisotopic (exact) mass is 204 g/mol. The van der Waals surface area contributed by atoms with Crippen LogP contribution in [0, 0.1) is 0 Å². The molecule has 1 aromatic rings. The van der Waals surface area contributed by atoms with Crippen LogP contribution in [0.3, 0.4) is 0 Å². The largest absolute Gasteiger partial charge is 0.341 e. The average Bonchev–Trinajstić information content (AvgIpc) is 2.29. The van der Waals surface area contributed by atoms with Crippen molar-refractivity contribution in [1.82, 2.24) is 10.2 Å². The Hall–Kier alpha value is -1.77. The Morgan fingerprint density at radius 2 is 2.13 bits per heavy atom. The number of carbonyl (C=O) groups excluding carboxylic acids is 1. The van der Waals surface area contributed by atoms with Gasteiger partial charge in [0.05, 0.1) is 0 Å². The lowest BCUT2D eigenvalue weighted by atomic mass is 10.2. The molecule has 0 aliphatic heterocycles. The first-order chi connectivity index (χ1) is 7.27. The Kier molecular flexibility index (Phi) is 4.41. The molecule has 0 radical (unpaired) electrons. The number of urea groups is 1. The summed E-state index contributed by atoms with van der Waals surface area (Å²) in [6.07, 6.45) is 1.72. The van der Waals surface area contributed by atoms with E-state index in [4.69, 9.17) is 0 Å². The third-order valence-electron chi connectivity index (χ3n) is 2.07. The number of nitrogens with one attached hydrogen (secondary N) is 1. The number of rotatable bonds is 4. The van der Waals surface area contributed by atoms with Crippen molar-refractivity contribution in [2.45, 2.75) is 6.54 Å². The molecule has 0 aliphatic carbocycles. The number of amides is 2. The Labute approximate surface area is 90.4 Å². The summed E-state index contributed by atoms with van der Waals surface area (Å²) in [4.78, 5) is 13.2. The lowest BCUT2D eigenvalue weighted by Gasteiger charge is -2.20. The van der Waals surface area contributed by atoms with Crippen LogP contribution in [0.25, 0.3) is 0 Å². The zero-order chi connectivity index (χ0) is 11.1. The van der Waals surface area contributed by atoms with Crippen LogP contribution in [0.15, 0.2) is 43.0 Å². The normalized spacial score (nSPS) is 9.40. The molecule has 3 heteroatoms. The van der Waals surface area contributed by atoms with Crippen molar-refractivity contribution in [3.05, 3.63) is 48.6 Å². The maximum absolute atomic E-state index is 11.5. The lowest BCUT2D eigenvalue weighted by Crippen LogP contribution is -2.37. The SMILES string of the molecule is C=CCN(Cc1ccccc1)C(=O)NC. The molecule has 0 aliphatic rings. The minimum atomic E-state index is -0.0845. The molecule has 0 saturated heterocycles. The van der Waals surface area contributed by atoms with Gasteiger partial charge < -0.3 is 10.2 Å². The molecule has 0 unspecified atom stereocenters. The highest BCUT2D eigenvalue weighted by atomic mass is 16.2. The first-order valence-electron chi connectivity index (χ1n) is 4.89.